The maximum atomic E-state index is 6.11. The Kier molecular flexibility index (Phi) is 3.78. The lowest BCUT2D eigenvalue weighted by atomic mass is 9.82. The maximum absolute atomic E-state index is 6.11. The summed E-state index contributed by atoms with van der Waals surface area (Å²) in [6.07, 6.45) is 0.962. The van der Waals surface area contributed by atoms with E-state index in [4.69, 9.17) is 5.73 Å². The lowest BCUT2D eigenvalue weighted by Gasteiger charge is -2.33. The highest BCUT2D eigenvalue weighted by Crippen LogP contribution is 2.35. The molecule has 0 spiro atoms. The van der Waals surface area contributed by atoms with E-state index in [1.165, 1.54) is 0 Å². The lowest BCUT2D eigenvalue weighted by Crippen LogP contribution is -2.33. The SMILES string of the molecule is Cc1ccc(N)c(-c2nnnn2C(C)(C)CC(C)(C)C)c1. The maximum Gasteiger partial charge on any atom is 0.184 e. The van der Waals surface area contributed by atoms with E-state index < -0.39 is 0 Å². The highest BCUT2D eigenvalue weighted by atomic mass is 15.6. The van der Waals surface area contributed by atoms with E-state index in [1.54, 1.807) is 0 Å². The summed E-state index contributed by atoms with van der Waals surface area (Å²) in [6.45, 7) is 13.0. The molecule has 1 aromatic carbocycles. The summed E-state index contributed by atoms with van der Waals surface area (Å²) in [5.41, 5.74) is 8.84. The highest BCUT2D eigenvalue weighted by Gasteiger charge is 2.31. The summed E-state index contributed by atoms with van der Waals surface area (Å²) in [7, 11) is 0. The smallest absolute Gasteiger partial charge is 0.184 e. The van der Waals surface area contributed by atoms with E-state index in [-0.39, 0.29) is 11.0 Å². The second kappa shape index (κ2) is 5.13. The summed E-state index contributed by atoms with van der Waals surface area (Å²) >= 11 is 0. The molecule has 5 nitrogen and oxygen atoms in total. The van der Waals surface area contributed by atoms with E-state index in [2.05, 4.69) is 50.1 Å². The van der Waals surface area contributed by atoms with Gasteiger partial charge in [-0.05, 0) is 55.2 Å². The number of nitrogens with zero attached hydrogens (tertiary/aromatic N) is 4. The average molecular weight is 287 g/mol. The number of rotatable bonds is 3. The van der Waals surface area contributed by atoms with Gasteiger partial charge in [0.1, 0.15) is 0 Å². The van der Waals surface area contributed by atoms with Gasteiger partial charge in [-0.2, -0.15) is 0 Å². The van der Waals surface area contributed by atoms with Crippen molar-refractivity contribution in [3.63, 3.8) is 0 Å². The summed E-state index contributed by atoms with van der Waals surface area (Å²) in [6, 6.07) is 5.93. The van der Waals surface area contributed by atoms with Gasteiger partial charge in [0.15, 0.2) is 5.82 Å². The molecule has 0 amide bonds. The van der Waals surface area contributed by atoms with Gasteiger partial charge in [0, 0.05) is 11.3 Å². The van der Waals surface area contributed by atoms with Gasteiger partial charge in [-0.1, -0.05) is 32.4 Å². The number of hydrogen-bond donors (Lipinski definition) is 1. The van der Waals surface area contributed by atoms with Gasteiger partial charge < -0.3 is 5.73 Å². The van der Waals surface area contributed by atoms with Gasteiger partial charge >= 0.3 is 0 Å². The fourth-order valence-electron chi connectivity index (χ4n) is 3.00. The summed E-state index contributed by atoms with van der Waals surface area (Å²) < 4.78 is 1.89. The Morgan fingerprint density at radius 3 is 2.43 bits per heavy atom. The summed E-state index contributed by atoms with van der Waals surface area (Å²) in [5, 5.41) is 12.3. The van der Waals surface area contributed by atoms with Crippen molar-refractivity contribution >= 4 is 5.69 Å². The number of hydrogen-bond acceptors (Lipinski definition) is 4. The number of nitrogens with two attached hydrogens (primary N) is 1. The van der Waals surface area contributed by atoms with Crippen molar-refractivity contribution in [3.05, 3.63) is 23.8 Å². The molecule has 0 bridgehead atoms. The topological polar surface area (TPSA) is 69.6 Å². The van der Waals surface area contributed by atoms with Crippen LogP contribution in [-0.4, -0.2) is 20.2 Å². The van der Waals surface area contributed by atoms with Crippen LogP contribution in [0.1, 0.15) is 46.6 Å². The molecule has 0 aliphatic rings. The Morgan fingerprint density at radius 1 is 1.14 bits per heavy atom. The first kappa shape index (κ1) is 15.5. The molecule has 2 N–H and O–H groups in total. The second-order valence-electron chi connectivity index (χ2n) is 7.55. The number of aromatic nitrogens is 4. The number of tetrazole rings is 1. The Morgan fingerprint density at radius 2 is 1.81 bits per heavy atom. The number of anilines is 1. The van der Waals surface area contributed by atoms with Crippen LogP contribution in [0, 0.1) is 12.3 Å². The van der Waals surface area contributed by atoms with Crippen LogP contribution >= 0.6 is 0 Å². The van der Waals surface area contributed by atoms with E-state index in [9.17, 15) is 0 Å². The average Bonchev–Trinajstić information content (AvgIpc) is 2.79. The zero-order valence-electron chi connectivity index (χ0n) is 13.8. The van der Waals surface area contributed by atoms with Crippen molar-refractivity contribution in [2.24, 2.45) is 5.41 Å². The van der Waals surface area contributed by atoms with Crippen molar-refractivity contribution in [1.29, 1.82) is 0 Å². The minimum atomic E-state index is -0.187. The second-order valence-corrected chi connectivity index (χ2v) is 7.55. The Labute approximate surface area is 126 Å². The third-order valence-electron chi connectivity index (χ3n) is 3.46. The van der Waals surface area contributed by atoms with Crippen LogP contribution in [0.3, 0.4) is 0 Å². The Hall–Kier alpha value is -1.91. The predicted molar refractivity (Wildman–Crippen MR) is 85.8 cm³/mol. The number of benzene rings is 1. The molecule has 1 aromatic heterocycles. The molecule has 0 fully saturated rings. The molecule has 0 aliphatic heterocycles. The Bertz CT molecular complexity index is 634. The first-order valence-corrected chi connectivity index (χ1v) is 7.25. The van der Waals surface area contributed by atoms with Crippen LogP contribution < -0.4 is 5.73 Å². The predicted octanol–water partition coefficient (Wildman–Crippen LogP) is 3.40. The van der Waals surface area contributed by atoms with Crippen molar-refractivity contribution in [2.45, 2.75) is 53.5 Å². The normalized spacial score (nSPS) is 12.7. The first-order chi connectivity index (χ1) is 9.60. The molecule has 21 heavy (non-hydrogen) atoms. The fourth-order valence-corrected chi connectivity index (χ4v) is 3.00. The fraction of sp³-hybridized carbons (Fsp3) is 0.562. The highest BCUT2D eigenvalue weighted by molar-refractivity contribution is 5.72. The first-order valence-electron chi connectivity index (χ1n) is 7.25. The molecule has 1 heterocycles. The van der Waals surface area contributed by atoms with Crippen LogP contribution in [0.5, 0.6) is 0 Å². The standard InChI is InChI=1S/C16H25N5/c1-11-7-8-13(17)12(9-11)14-18-19-20-21(14)16(5,6)10-15(2,3)4/h7-9H,10,17H2,1-6H3. The van der Waals surface area contributed by atoms with Gasteiger partial charge in [0.05, 0.1) is 5.54 Å². The molecule has 0 radical (unpaired) electrons. The van der Waals surface area contributed by atoms with Crippen LogP contribution in [0.4, 0.5) is 5.69 Å². The van der Waals surface area contributed by atoms with E-state index in [0.29, 0.717) is 5.69 Å². The molecule has 0 aliphatic carbocycles. The minimum Gasteiger partial charge on any atom is -0.398 e. The van der Waals surface area contributed by atoms with E-state index >= 15 is 0 Å². The molecule has 5 heteroatoms. The largest absolute Gasteiger partial charge is 0.398 e. The van der Waals surface area contributed by atoms with Crippen molar-refractivity contribution in [2.75, 3.05) is 5.73 Å². The summed E-state index contributed by atoms with van der Waals surface area (Å²) in [4.78, 5) is 0. The van der Waals surface area contributed by atoms with Crippen LogP contribution in [-0.2, 0) is 5.54 Å². The quantitative estimate of drug-likeness (QED) is 0.878. The zero-order valence-corrected chi connectivity index (χ0v) is 13.8. The molecule has 0 saturated heterocycles. The molecular formula is C16H25N5. The molecule has 0 atom stereocenters. The van der Waals surface area contributed by atoms with E-state index in [1.807, 2.05) is 29.8 Å². The van der Waals surface area contributed by atoms with Gasteiger partial charge in [-0.25, -0.2) is 4.68 Å². The third-order valence-corrected chi connectivity index (χ3v) is 3.46. The van der Waals surface area contributed by atoms with Gasteiger partial charge in [0.25, 0.3) is 0 Å². The zero-order chi connectivity index (χ0) is 15.8. The molecular weight excluding hydrogens is 262 g/mol. The molecule has 2 aromatic rings. The lowest BCUT2D eigenvalue weighted by molar-refractivity contribution is 0.197. The number of aryl methyl sites for hydroxylation is 1. The molecule has 2 rings (SSSR count). The Balaban J connectivity index is 2.50. The minimum absolute atomic E-state index is 0.185. The van der Waals surface area contributed by atoms with E-state index in [0.717, 1.165) is 23.4 Å². The van der Waals surface area contributed by atoms with Crippen LogP contribution in [0.25, 0.3) is 11.4 Å². The molecule has 0 saturated carbocycles. The van der Waals surface area contributed by atoms with Crippen LogP contribution in [0.15, 0.2) is 18.2 Å². The van der Waals surface area contributed by atoms with Crippen LogP contribution in [0.2, 0.25) is 0 Å². The van der Waals surface area contributed by atoms with Crippen molar-refractivity contribution < 1.29 is 0 Å². The van der Waals surface area contributed by atoms with Gasteiger partial charge in [-0.15, -0.1) is 5.10 Å². The van der Waals surface area contributed by atoms with Gasteiger partial charge in [0.2, 0.25) is 0 Å². The van der Waals surface area contributed by atoms with Crippen molar-refractivity contribution in [3.8, 4) is 11.4 Å². The monoisotopic (exact) mass is 287 g/mol. The van der Waals surface area contributed by atoms with Gasteiger partial charge in [-0.3, -0.25) is 0 Å². The summed E-state index contributed by atoms with van der Waals surface area (Å²) in [5.74, 6) is 0.727. The molecule has 114 valence electrons. The number of nitrogen functional groups attached to an aromatic ring is 1. The third kappa shape index (κ3) is 3.40. The van der Waals surface area contributed by atoms with Crippen molar-refractivity contribution in [1.82, 2.24) is 20.2 Å². The molecule has 0 unspecified atom stereocenters.